The third-order valence-electron chi connectivity index (χ3n) is 5.51. The van der Waals surface area contributed by atoms with Gasteiger partial charge in [0.05, 0.1) is 24.3 Å². The first-order valence-electron chi connectivity index (χ1n) is 10.6. The zero-order chi connectivity index (χ0) is 22.2. The Kier molecular flexibility index (Phi) is 8.13. The van der Waals surface area contributed by atoms with Crippen molar-refractivity contribution < 1.29 is 28.7 Å². The van der Waals surface area contributed by atoms with Crippen molar-refractivity contribution in [1.29, 1.82) is 0 Å². The summed E-state index contributed by atoms with van der Waals surface area (Å²) < 4.78 is 10.2. The number of fused-ring (bicyclic) bond motifs is 1. The highest BCUT2D eigenvalue weighted by atomic mass is 16.5. The molecule has 0 radical (unpaired) electrons. The van der Waals surface area contributed by atoms with Crippen LogP contribution in [0.2, 0.25) is 0 Å². The zero-order valence-electron chi connectivity index (χ0n) is 17.9. The van der Waals surface area contributed by atoms with Gasteiger partial charge in [0.15, 0.2) is 0 Å². The molecule has 9 heteroatoms. The van der Waals surface area contributed by atoms with Gasteiger partial charge >= 0.3 is 0 Å². The van der Waals surface area contributed by atoms with Gasteiger partial charge in [-0.25, -0.2) is 0 Å². The van der Waals surface area contributed by atoms with E-state index in [2.05, 4.69) is 0 Å². The minimum absolute atomic E-state index is 0.0115. The van der Waals surface area contributed by atoms with Gasteiger partial charge in [0.1, 0.15) is 6.61 Å². The number of hydrogen-bond acceptors (Lipinski definition) is 6. The Balaban J connectivity index is 1.41. The SMILES string of the molecule is COCCOCC(=O)N1CCCN(C(=O)CCCN2C(=O)c3ccccc3C2=O)CC1. The van der Waals surface area contributed by atoms with Crippen molar-refractivity contribution in [3.63, 3.8) is 0 Å². The second kappa shape index (κ2) is 11.0. The molecule has 3 rings (SSSR count). The van der Waals surface area contributed by atoms with E-state index < -0.39 is 0 Å². The fourth-order valence-corrected chi connectivity index (χ4v) is 3.80. The van der Waals surface area contributed by atoms with E-state index in [4.69, 9.17) is 9.47 Å². The van der Waals surface area contributed by atoms with Gasteiger partial charge in [-0.1, -0.05) is 12.1 Å². The zero-order valence-corrected chi connectivity index (χ0v) is 17.9. The normalized spacial score (nSPS) is 16.5. The van der Waals surface area contributed by atoms with Gasteiger partial charge in [0, 0.05) is 46.3 Å². The van der Waals surface area contributed by atoms with Gasteiger partial charge in [-0.3, -0.25) is 24.1 Å². The van der Waals surface area contributed by atoms with Gasteiger partial charge in [-0.2, -0.15) is 0 Å². The second-order valence-electron chi connectivity index (χ2n) is 7.57. The summed E-state index contributed by atoms with van der Waals surface area (Å²) in [4.78, 5) is 54.4. The fraction of sp³-hybridized carbons (Fsp3) is 0.545. The number of ether oxygens (including phenoxy) is 2. The number of methoxy groups -OCH3 is 1. The van der Waals surface area contributed by atoms with Crippen molar-refractivity contribution in [1.82, 2.24) is 14.7 Å². The summed E-state index contributed by atoms with van der Waals surface area (Å²) in [6, 6.07) is 6.76. The second-order valence-corrected chi connectivity index (χ2v) is 7.57. The summed E-state index contributed by atoms with van der Waals surface area (Å²) in [6.07, 6.45) is 1.37. The van der Waals surface area contributed by atoms with Crippen LogP contribution in [0.5, 0.6) is 0 Å². The van der Waals surface area contributed by atoms with Crippen LogP contribution in [0.1, 0.15) is 40.0 Å². The first kappa shape index (κ1) is 22.9. The molecular weight excluding hydrogens is 402 g/mol. The van der Waals surface area contributed by atoms with E-state index >= 15 is 0 Å². The van der Waals surface area contributed by atoms with Crippen LogP contribution in [-0.2, 0) is 19.1 Å². The molecule has 9 nitrogen and oxygen atoms in total. The summed E-state index contributed by atoms with van der Waals surface area (Å²) in [5.74, 6) is -0.715. The van der Waals surface area contributed by atoms with Crippen LogP contribution < -0.4 is 0 Å². The molecule has 1 saturated heterocycles. The Morgan fingerprint density at radius 2 is 1.52 bits per heavy atom. The number of amides is 4. The van der Waals surface area contributed by atoms with Crippen molar-refractivity contribution in [3.05, 3.63) is 35.4 Å². The first-order chi connectivity index (χ1) is 15.0. The summed E-state index contributed by atoms with van der Waals surface area (Å²) in [5, 5.41) is 0. The predicted molar refractivity (Wildman–Crippen MR) is 112 cm³/mol. The highest BCUT2D eigenvalue weighted by Gasteiger charge is 2.34. The van der Waals surface area contributed by atoms with E-state index in [0.29, 0.717) is 63.4 Å². The highest BCUT2D eigenvalue weighted by molar-refractivity contribution is 6.21. The van der Waals surface area contributed by atoms with Crippen molar-refractivity contribution in [2.75, 3.05) is 59.7 Å². The van der Waals surface area contributed by atoms with Gasteiger partial charge in [-0.05, 0) is 25.0 Å². The summed E-state index contributed by atoms with van der Waals surface area (Å²) in [6.45, 7) is 3.15. The lowest BCUT2D eigenvalue weighted by molar-refractivity contribution is -0.137. The molecule has 2 heterocycles. The lowest BCUT2D eigenvalue weighted by Crippen LogP contribution is -2.39. The Bertz CT molecular complexity index is 792. The van der Waals surface area contributed by atoms with Crippen molar-refractivity contribution in [2.45, 2.75) is 19.3 Å². The van der Waals surface area contributed by atoms with Gasteiger partial charge < -0.3 is 19.3 Å². The molecule has 1 fully saturated rings. The average Bonchev–Trinajstić information content (AvgIpc) is 2.95. The summed E-state index contributed by atoms with van der Waals surface area (Å²) >= 11 is 0. The van der Waals surface area contributed by atoms with E-state index in [-0.39, 0.29) is 43.2 Å². The molecule has 1 aromatic carbocycles. The van der Waals surface area contributed by atoms with E-state index in [1.54, 1.807) is 41.2 Å². The topological polar surface area (TPSA) is 96.5 Å². The number of benzene rings is 1. The monoisotopic (exact) mass is 431 g/mol. The van der Waals surface area contributed by atoms with Crippen molar-refractivity contribution in [2.24, 2.45) is 0 Å². The lowest BCUT2D eigenvalue weighted by atomic mass is 10.1. The Labute approximate surface area is 181 Å². The molecule has 2 aliphatic heterocycles. The highest BCUT2D eigenvalue weighted by Crippen LogP contribution is 2.22. The van der Waals surface area contributed by atoms with Gasteiger partial charge in [0.25, 0.3) is 11.8 Å². The first-order valence-corrected chi connectivity index (χ1v) is 10.6. The number of hydrogen-bond donors (Lipinski definition) is 0. The van der Waals surface area contributed by atoms with Crippen LogP contribution in [0, 0.1) is 0 Å². The fourth-order valence-electron chi connectivity index (χ4n) is 3.80. The summed E-state index contributed by atoms with van der Waals surface area (Å²) in [5.41, 5.74) is 0.838. The summed E-state index contributed by atoms with van der Waals surface area (Å²) in [7, 11) is 1.57. The largest absolute Gasteiger partial charge is 0.382 e. The molecule has 1 aromatic rings. The van der Waals surface area contributed by atoms with Crippen LogP contribution in [0.15, 0.2) is 24.3 Å². The predicted octanol–water partition coefficient (Wildman–Crippen LogP) is 0.787. The van der Waals surface area contributed by atoms with Crippen LogP contribution in [0.25, 0.3) is 0 Å². The quantitative estimate of drug-likeness (QED) is 0.424. The van der Waals surface area contributed by atoms with E-state index in [1.165, 1.54) is 4.90 Å². The minimum Gasteiger partial charge on any atom is -0.382 e. The lowest BCUT2D eigenvalue weighted by Gasteiger charge is -2.22. The molecular formula is C22H29N3O6. The third-order valence-corrected chi connectivity index (χ3v) is 5.51. The Morgan fingerprint density at radius 3 is 2.13 bits per heavy atom. The van der Waals surface area contributed by atoms with Crippen molar-refractivity contribution in [3.8, 4) is 0 Å². The van der Waals surface area contributed by atoms with E-state index in [1.807, 2.05) is 0 Å². The van der Waals surface area contributed by atoms with Gasteiger partial charge in [0.2, 0.25) is 11.8 Å². The molecule has 0 saturated carbocycles. The molecule has 0 spiro atoms. The molecule has 0 unspecified atom stereocenters. The maximum atomic E-state index is 12.6. The number of imide groups is 1. The molecule has 31 heavy (non-hydrogen) atoms. The molecule has 0 aliphatic carbocycles. The maximum Gasteiger partial charge on any atom is 0.261 e. The van der Waals surface area contributed by atoms with Crippen molar-refractivity contribution >= 4 is 23.6 Å². The van der Waals surface area contributed by atoms with Crippen LogP contribution in [-0.4, -0.2) is 98.0 Å². The molecule has 168 valence electrons. The number of carbonyl (C=O) groups excluding carboxylic acids is 4. The Hall–Kier alpha value is -2.78. The van der Waals surface area contributed by atoms with Crippen LogP contribution in [0.4, 0.5) is 0 Å². The average molecular weight is 431 g/mol. The van der Waals surface area contributed by atoms with Crippen LogP contribution >= 0.6 is 0 Å². The standard InChI is InChI=1S/C22H29N3O6/c1-30-14-15-31-16-20(27)24-10-5-9-23(12-13-24)19(26)8-4-11-25-21(28)17-6-2-3-7-18(17)22(25)29/h2-3,6-7H,4-5,8-16H2,1H3. The molecule has 4 amide bonds. The molecule has 2 aliphatic rings. The number of carbonyl (C=O) groups is 4. The molecule has 0 N–H and O–H groups in total. The van der Waals surface area contributed by atoms with E-state index in [9.17, 15) is 19.2 Å². The number of rotatable bonds is 9. The molecule has 0 atom stereocenters. The minimum atomic E-state index is -0.301. The molecule has 0 aromatic heterocycles. The maximum absolute atomic E-state index is 12.6. The van der Waals surface area contributed by atoms with Crippen LogP contribution in [0.3, 0.4) is 0 Å². The Morgan fingerprint density at radius 1 is 0.903 bits per heavy atom. The third kappa shape index (κ3) is 5.68. The van der Waals surface area contributed by atoms with Gasteiger partial charge in [-0.15, -0.1) is 0 Å². The smallest absolute Gasteiger partial charge is 0.261 e. The van der Waals surface area contributed by atoms with E-state index in [0.717, 1.165) is 0 Å². The number of nitrogens with zero attached hydrogens (tertiary/aromatic N) is 3. The molecule has 0 bridgehead atoms.